The van der Waals surface area contributed by atoms with Gasteiger partial charge in [-0.1, -0.05) is 20.3 Å². The molecule has 0 bridgehead atoms. The number of aliphatic hydroxyl groups is 1. The lowest BCUT2D eigenvalue weighted by atomic mass is 10.3. The van der Waals surface area contributed by atoms with Crippen LogP contribution in [0, 0.1) is 11.6 Å². The van der Waals surface area contributed by atoms with Gasteiger partial charge in [-0.15, -0.1) is 0 Å². The third-order valence-electron chi connectivity index (χ3n) is 2.90. The molecule has 0 atom stereocenters. The predicted molar refractivity (Wildman–Crippen MR) is 77.1 cm³/mol. The van der Waals surface area contributed by atoms with Crippen LogP contribution in [0.4, 0.5) is 20.4 Å². The molecule has 1 heterocycles. The Bertz CT molecular complexity index is 416. The molecule has 1 aromatic rings. The van der Waals surface area contributed by atoms with Crippen LogP contribution in [0.15, 0.2) is 6.07 Å². The van der Waals surface area contributed by atoms with E-state index in [9.17, 15) is 8.78 Å². The molecule has 2 N–H and O–H groups in total. The van der Waals surface area contributed by atoms with Crippen LogP contribution in [-0.2, 0) is 0 Å². The second-order valence-corrected chi connectivity index (χ2v) is 4.62. The number of rotatable bonds is 9. The zero-order valence-corrected chi connectivity index (χ0v) is 12.1. The first-order chi connectivity index (χ1) is 9.63. The van der Waals surface area contributed by atoms with Gasteiger partial charge in [0.25, 0.3) is 0 Å². The van der Waals surface area contributed by atoms with Crippen molar-refractivity contribution in [1.82, 2.24) is 4.98 Å². The van der Waals surface area contributed by atoms with E-state index < -0.39 is 11.6 Å². The molecule has 0 aliphatic heterocycles. The van der Waals surface area contributed by atoms with E-state index in [1.165, 1.54) is 0 Å². The molecule has 0 unspecified atom stereocenters. The van der Waals surface area contributed by atoms with E-state index >= 15 is 0 Å². The number of aromatic nitrogens is 1. The van der Waals surface area contributed by atoms with E-state index in [0.29, 0.717) is 13.1 Å². The van der Waals surface area contributed by atoms with Gasteiger partial charge < -0.3 is 15.3 Å². The lowest BCUT2D eigenvalue weighted by molar-refractivity contribution is 0.300. The zero-order valence-electron chi connectivity index (χ0n) is 12.1. The summed E-state index contributed by atoms with van der Waals surface area (Å²) >= 11 is 0. The smallest absolute Gasteiger partial charge is 0.168 e. The van der Waals surface area contributed by atoms with Gasteiger partial charge in [-0.25, -0.2) is 13.8 Å². The maximum Gasteiger partial charge on any atom is 0.168 e. The van der Waals surface area contributed by atoms with Gasteiger partial charge in [0.2, 0.25) is 0 Å². The van der Waals surface area contributed by atoms with Gasteiger partial charge in [-0.3, -0.25) is 0 Å². The van der Waals surface area contributed by atoms with Crippen molar-refractivity contribution in [2.45, 2.75) is 33.1 Å². The Balaban J connectivity index is 2.99. The average molecular weight is 287 g/mol. The summed E-state index contributed by atoms with van der Waals surface area (Å²) in [5.41, 5.74) is 0. The maximum atomic E-state index is 13.9. The van der Waals surface area contributed by atoms with Crippen molar-refractivity contribution in [3.63, 3.8) is 0 Å². The highest BCUT2D eigenvalue weighted by Crippen LogP contribution is 2.22. The van der Waals surface area contributed by atoms with Crippen molar-refractivity contribution in [3.05, 3.63) is 17.7 Å². The number of hydrogen-bond acceptors (Lipinski definition) is 4. The van der Waals surface area contributed by atoms with E-state index in [1.54, 1.807) is 4.90 Å². The molecule has 0 aliphatic rings. The van der Waals surface area contributed by atoms with E-state index in [1.807, 2.05) is 13.8 Å². The summed E-state index contributed by atoms with van der Waals surface area (Å²) in [6, 6.07) is 0.844. The monoisotopic (exact) mass is 287 g/mol. The average Bonchev–Trinajstić information content (AvgIpc) is 2.43. The number of pyridine rings is 1. The van der Waals surface area contributed by atoms with Gasteiger partial charge >= 0.3 is 0 Å². The van der Waals surface area contributed by atoms with Gasteiger partial charge in [0.05, 0.1) is 6.61 Å². The number of unbranched alkanes of at least 4 members (excludes halogenated alkanes) is 1. The van der Waals surface area contributed by atoms with E-state index in [2.05, 4.69) is 10.3 Å². The Morgan fingerprint density at radius 3 is 2.55 bits per heavy atom. The summed E-state index contributed by atoms with van der Waals surface area (Å²) in [4.78, 5) is 5.68. The highest BCUT2D eigenvalue weighted by atomic mass is 19.1. The van der Waals surface area contributed by atoms with Crippen molar-refractivity contribution >= 4 is 11.6 Å². The lowest BCUT2D eigenvalue weighted by Crippen LogP contribution is -2.30. The number of nitrogens with zero attached hydrogens (tertiary/aromatic N) is 2. The SMILES string of the molecule is CCCCN(CCO)c1nc(NCCC)c(F)cc1F. The van der Waals surface area contributed by atoms with Gasteiger partial charge in [-0.2, -0.15) is 0 Å². The fourth-order valence-corrected chi connectivity index (χ4v) is 1.84. The molecule has 6 heteroatoms. The number of aliphatic hydroxyl groups excluding tert-OH is 1. The van der Waals surface area contributed by atoms with Crippen molar-refractivity contribution in [3.8, 4) is 0 Å². The second-order valence-electron chi connectivity index (χ2n) is 4.62. The Kier molecular flexibility index (Phi) is 7.22. The van der Waals surface area contributed by atoms with E-state index in [-0.39, 0.29) is 24.8 Å². The van der Waals surface area contributed by atoms with Gasteiger partial charge in [0, 0.05) is 25.7 Å². The van der Waals surface area contributed by atoms with Gasteiger partial charge in [0.15, 0.2) is 23.3 Å². The number of anilines is 2. The molecule has 114 valence electrons. The third kappa shape index (κ3) is 4.59. The molecule has 0 aliphatic carbocycles. The van der Waals surface area contributed by atoms with E-state index in [4.69, 9.17) is 5.11 Å². The molecule has 1 aromatic heterocycles. The minimum atomic E-state index is -0.700. The van der Waals surface area contributed by atoms with Crippen molar-refractivity contribution in [1.29, 1.82) is 0 Å². The van der Waals surface area contributed by atoms with Crippen LogP contribution in [0.5, 0.6) is 0 Å². The molecular formula is C14H23F2N3O. The molecule has 0 amide bonds. The van der Waals surface area contributed by atoms with Crippen LogP contribution in [-0.4, -0.2) is 36.3 Å². The molecule has 4 nitrogen and oxygen atoms in total. The summed E-state index contributed by atoms with van der Waals surface area (Å²) in [6.45, 7) is 5.32. The summed E-state index contributed by atoms with van der Waals surface area (Å²) in [5, 5.41) is 11.9. The van der Waals surface area contributed by atoms with Crippen molar-refractivity contribution < 1.29 is 13.9 Å². The molecular weight excluding hydrogens is 264 g/mol. The lowest BCUT2D eigenvalue weighted by Gasteiger charge is -2.23. The molecule has 0 radical (unpaired) electrons. The van der Waals surface area contributed by atoms with Gasteiger partial charge in [0.1, 0.15) is 0 Å². The summed E-state index contributed by atoms with van der Waals surface area (Å²) in [7, 11) is 0. The molecule has 0 saturated heterocycles. The number of hydrogen-bond donors (Lipinski definition) is 2. The number of halogens is 2. The highest BCUT2D eigenvalue weighted by molar-refractivity contribution is 5.49. The summed E-state index contributed by atoms with van der Waals surface area (Å²) in [5.74, 6) is -1.25. The normalized spacial score (nSPS) is 10.7. The van der Waals surface area contributed by atoms with Crippen LogP contribution < -0.4 is 10.2 Å². The third-order valence-corrected chi connectivity index (χ3v) is 2.90. The Morgan fingerprint density at radius 1 is 1.20 bits per heavy atom. The fraction of sp³-hybridized carbons (Fsp3) is 0.643. The summed E-state index contributed by atoms with van der Waals surface area (Å²) < 4.78 is 27.5. The summed E-state index contributed by atoms with van der Waals surface area (Å²) in [6.07, 6.45) is 2.63. The fourth-order valence-electron chi connectivity index (χ4n) is 1.84. The minimum absolute atomic E-state index is 0.0580. The molecule has 20 heavy (non-hydrogen) atoms. The van der Waals surface area contributed by atoms with E-state index in [0.717, 1.165) is 25.3 Å². The van der Waals surface area contributed by atoms with Crippen LogP contribution in [0.25, 0.3) is 0 Å². The van der Waals surface area contributed by atoms with Crippen LogP contribution in [0.1, 0.15) is 33.1 Å². The first kappa shape index (κ1) is 16.6. The van der Waals surface area contributed by atoms with Crippen LogP contribution in [0.3, 0.4) is 0 Å². The molecule has 0 spiro atoms. The molecule has 0 aromatic carbocycles. The van der Waals surface area contributed by atoms with Gasteiger partial charge in [-0.05, 0) is 12.8 Å². The Hall–Kier alpha value is -1.43. The Labute approximate surface area is 118 Å². The molecule has 0 saturated carbocycles. The second kappa shape index (κ2) is 8.68. The topological polar surface area (TPSA) is 48.4 Å². The maximum absolute atomic E-state index is 13.9. The largest absolute Gasteiger partial charge is 0.395 e. The van der Waals surface area contributed by atoms with Crippen molar-refractivity contribution in [2.75, 3.05) is 36.5 Å². The standard InChI is InChI=1S/C14H23F2N3O/c1-3-5-7-19(8-9-20)14-12(16)10-11(15)13(18-14)17-6-4-2/h10,20H,3-9H2,1-2H3,(H,17,18). The minimum Gasteiger partial charge on any atom is -0.395 e. The molecule has 1 rings (SSSR count). The first-order valence-corrected chi connectivity index (χ1v) is 7.09. The molecule has 0 fully saturated rings. The predicted octanol–water partition coefficient (Wildman–Crippen LogP) is 2.78. The van der Waals surface area contributed by atoms with Crippen molar-refractivity contribution in [2.24, 2.45) is 0 Å². The quantitative estimate of drug-likeness (QED) is 0.733. The zero-order chi connectivity index (χ0) is 15.0. The highest BCUT2D eigenvalue weighted by Gasteiger charge is 2.17. The first-order valence-electron chi connectivity index (χ1n) is 7.09. The van der Waals surface area contributed by atoms with Crippen LogP contribution >= 0.6 is 0 Å². The number of nitrogens with one attached hydrogen (secondary N) is 1. The van der Waals surface area contributed by atoms with Crippen LogP contribution in [0.2, 0.25) is 0 Å². The Morgan fingerprint density at radius 2 is 1.95 bits per heavy atom.